The Balaban J connectivity index is 1.79. The van der Waals surface area contributed by atoms with Gasteiger partial charge < -0.3 is 14.8 Å². The number of hydrogen-bond donors (Lipinski definition) is 1. The van der Waals surface area contributed by atoms with Gasteiger partial charge in [-0.3, -0.25) is 0 Å². The summed E-state index contributed by atoms with van der Waals surface area (Å²) in [5, 5.41) is 12.0. The van der Waals surface area contributed by atoms with Crippen molar-refractivity contribution in [2.45, 2.75) is 46.8 Å². The van der Waals surface area contributed by atoms with Gasteiger partial charge in [0.1, 0.15) is 0 Å². The zero-order chi connectivity index (χ0) is 22.4. The Bertz CT molecular complexity index is 1060. The molecule has 3 aromatic rings. The van der Waals surface area contributed by atoms with E-state index in [1.165, 1.54) is 11.1 Å². The Morgan fingerprint density at radius 2 is 1.84 bits per heavy atom. The van der Waals surface area contributed by atoms with Gasteiger partial charge in [-0.1, -0.05) is 43.7 Å². The van der Waals surface area contributed by atoms with Gasteiger partial charge in [-0.25, -0.2) is 4.79 Å². The quantitative estimate of drug-likeness (QED) is 0.531. The molecule has 2 aromatic carbocycles. The maximum absolute atomic E-state index is 13.2. The number of amides is 2. The third-order valence-corrected chi connectivity index (χ3v) is 5.67. The van der Waals surface area contributed by atoms with E-state index in [0.717, 1.165) is 12.2 Å². The van der Waals surface area contributed by atoms with Crippen LogP contribution in [-0.2, 0) is 13.1 Å². The van der Waals surface area contributed by atoms with Crippen LogP contribution in [0.15, 0.2) is 66.9 Å². The van der Waals surface area contributed by atoms with Crippen LogP contribution in [0.2, 0.25) is 0 Å². The highest BCUT2D eigenvalue weighted by molar-refractivity contribution is 5.89. The van der Waals surface area contributed by atoms with Gasteiger partial charge in [0, 0.05) is 30.2 Å². The molecule has 0 saturated carbocycles. The Hall–Kier alpha value is -3.52. The lowest BCUT2D eigenvalue weighted by molar-refractivity contribution is 0.168. The van der Waals surface area contributed by atoms with E-state index in [1.54, 1.807) is 24.3 Å². The van der Waals surface area contributed by atoms with E-state index < -0.39 is 0 Å². The lowest BCUT2D eigenvalue weighted by atomic mass is 10.0. The van der Waals surface area contributed by atoms with Crippen molar-refractivity contribution in [2.75, 3.05) is 5.32 Å². The van der Waals surface area contributed by atoms with Crippen molar-refractivity contribution in [2.24, 2.45) is 5.92 Å². The molecule has 5 nitrogen and oxygen atoms in total. The van der Waals surface area contributed by atoms with Crippen LogP contribution in [-0.4, -0.2) is 21.5 Å². The first-order valence-electron chi connectivity index (χ1n) is 10.6. The number of hydrogen-bond acceptors (Lipinski definition) is 2. The van der Waals surface area contributed by atoms with Gasteiger partial charge in [-0.15, -0.1) is 0 Å². The number of nitriles is 1. The summed E-state index contributed by atoms with van der Waals surface area (Å²) in [5.41, 5.74) is 4.81. The molecule has 0 radical (unpaired) electrons. The van der Waals surface area contributed by atoms with Gasteiger partial charge in [-0.05, 0) is 61.7 Å². The van der Waals surface area contributed by atoms with Gasteiger partial charge in [0.2, 0.25) is 0 Å². The number of nitrogens with zero attached hydrogens (tertiary/aromatic N) is 3. The lowest BCUT2D eigenvalue weighted by Gasteiger charge is -2.32. The summed E-state index contributed by atoms with van der Waals surface area (Å²) in [5.74, 6) is 0.312. The van der Waals surface area contributed by atoms with Crippen molar-refractivity contribution in [3.63, 3.8) is 0 Å². The number of aryl methyl sites for hydroxylation is 1. The fraction of sp³-hybridized carbons (Fsp3) is 0.308. The van der Waals surface area contributed by atoms with Crippen molar-refractivity contribution in [3.8, 4) is 6.07 Å². The van der Waals surface area contributed by atoms with Crippen molar-refractivity contribution in [1.29, 1.82) is 5.26 Å². The van der Waals surface area contributed by atoms with Crippen LogP contribution in [0, 0.1) is 24.2 Å². The van der Waals surface area contributed by atoms with Gasteiger partial charge in [0.25, 0.3) is 0 Å². The van der Waals surface area contributed by atoms with Crippen LogP contribution < -0.4 is 5.32 Å². The molecule has 0 aliphatic carbocycles. The first kappa shape index (κ1) is 22.2. The number of aromatic nitrogens is 1. The summed E-state index contributed by atoms with van der Waals surface area (Å²) in [6, 6.07) is 21.5. The molecular formula is C26H30N4O. The Morgan fingerprint density at radius 3 is 2.48 bits per heavy atom. The van der Waals surface area contributed by atoms with E-state index in [9.17, 15) is 4.79 Å². The largest absolute Gasteiger partial charge is 0.345 e. The maximum Gasteiger partial charge on any atom is 0.322 e. The molecule has 0 aliphatic rings. The van der Waals surface area contributed by atoms with E-state index in [2.05, 4.69) is 80.2 Å². The zero-order valence-electron chi connectivity index (χ0n) is 18.7. The third kappa shape index (κ3) is 5.76. The number of rotatable bonds is 7. The van der Waals surface area contributed by atoms with Gasteiger partial charge in [0.05, 0.1) is 18.2 Å². The third-order valence-electron chi connectivity index (χ3n) is 5.67. The van der Waals surface area contributed by atoms with Crippen molar-refractivity contribution in [3.05, 3.63) is 89.2 Å². The van der Waals surface area contributed by atoms with E-state index in [4.69, 9.17) is 5.26 Å². The smallest absolute Gasteiger partial charge is 0.322 e. The van der Waals surface area contributed by atoms with Crippen LogP contribution in [0.4, 0.5) is 10.5 Å². The van der Waals surface area contributed by atoms with Gasteiger partial charge in [-0.2, -0.15) is 5.26 Å². The molecule has 0 spiro atoms. The first-order chi connectivity index (χ1) is 14.9. The monoisotopic (exact) mass is 414 g/mol. The Labute approximate surface area is 184 Å². The molecule has 1 unspecified atom stereocenters. The number of carbonyl (C=O) groups is 1. The second kappa shape index (κ2) is 9.99. The summed E-state index contributed by atoms with van der Waals surface area (Å²) < 4.78 is 2.20. The second-order valence-corrected chi connectivity index (χ2v) is 8.35. The standard InChI is InChI=1S/C26H30N4O/c1-19(2)21(4)30(26(31)28-24-12-10-22(16-27)11-13-24)18-25-9-6-14-29(25)17-23-8-5-7-20(3)15-23/h5-15,19,21H,17-18H2,1-4H3,(H,28,31). The molecule has 0 aliphatic heterocycles. The highest BCUT2D eigenvalue weighted by Gasteiger charge is 2.24. The summed E-state index contributed by atoms with van der Waals surface area (Å²) in [4.78, 5) is 15.1. The minimum absolute atomic E-state index is 0.0562. The number of benzene rings is 2. The molecule has 1 aromatic heterocycles. The molecule has 1 N–H and O–H groups in total. The minimum atomic E-state index is -0.144. The maximum atomic E-state index is 13.2. The fourth-order valence-corrected chi connectivity index (χ4v) is 3.51. The minimum Gasteiger partial charge on any atom is -0.345 e. The van der Waals surface area contributed by atoms with Crippen LogP contribution in [0.5, 0.6) is 0 Å². The summed E-state index contributed by atoms with van der Waals surface area (Å²) in [6.07, 6.45) is 2.06. The summed E-state index contributed by atoms with van der Waals surface area (Å²) in [6.45, 7) is 9.71. The highest BCUT2D eigenvalue weighted by atomic mass is 16.2. The van der Waals surface area contributed by atoms with Crippen LogP contribution in [0.3, 0.4) is 0 Å². The van der Waals surface area contributed by atoms with E-state index >= 15 is 0 Å². The summed E-state index contributed by atoms with van der Waals surface area (Å²) in [7, 11) is 0. The first-order valence-corrected chi connectivity index (χ1v) is 10.6. The summed E-state index contributed by atoms with van der Waals surface area (Å²) >= 11 is 0. The van der Waals surface area contributed by atoms with E-state index in [1.807, 2.05) is 11.0 Å². The predicted octanol–water partition coefficient (Wildman–Crippen LogP) is 5.80. The topological polar surface area (TPSA) is 61.1 Å². The molecule has 2 amide bonds. The lowest BCUT2D eigenvalue weighted by Crippen LogP contribution is -2.43. The Morgan fingerprint density at radius 1 is 1.10 bits per heavy atom. The highest BCUT2D eigenvalue weighted by Crippen LogP contribution is 2.19. The Kier molecular flexibility index (Phi) is 7.15. The molecule has 31 heavy (non-hydrogen) atoms. The van der Waals surface area contributed by atoms with Crippen LogP contribution >= 0.6 is 0 Å². The molecular weight excluding hydrogens is 384 g/mol. The average Bonchev–Trinajstić information content (AvgIpc) is 3.18. The second-order valence-electron chi connectivity index (χ2n) is 8.35. The SMILES string of the molecule is Cc1cccc(Cn2cccc2CN(C(=O)Nc2ccc(C#N)cc2)C(C)C(C)C)c1. The molecule has 1 atom stereocenters. The molecule has 5 heteroatoms. The van der Waals surface area contributed by atoms with E-state index in [-0.39, 0.29) is 12.1 Å². The average molecular weight is 415 g/mol. The fourth-order valence-electron chi connectivity index (χ4n) is 3.51. The number of nitrogens with one attached hydrogen (secondary N) is 1. The molecule has 0 fully saturated rings. The number of urea groups is 1. The molecule has 1 heterocycles. The normalized spacial score (nSPS) is 11.7. The van der Waals surface area contributed by atoms with Crippen molar-refractivity contribution in [1.82, 2.24) is 9.47 Å². The van der Waals surface area contributed by atoms with Crippen LogP contribution in [0.1, 0.15) is 43.2 Å². The van der Waals surface area contributed by atoms with Crippen molar-refractivity contribution < 1.29 is 4.79 Å². The zero-order valence-corrected chi connectivity index (χ0v) is 18.7. The van der Waals surface area contributed by atoms with Crippen LogP contribution in [0.25, 0.3) is 0 Å². The van der Waals surface area contributed by atoms with Gasteiger partial charge >= 0.3 is 6.03 Å². The number of anilines is 1. The van der Waals surface area contributed by atoms with Gasteiger partial charge in [0.15, 0.2) is 0 Å². The predicted molar refractivity (Wildman–Crippen MR) is 125 cm³/mol. The molecule has 160 valence electrons. The molecule has 0 bridgehead atoms. The number of carbonyl (C=O) groups excluding carboxylic acids is 1. The van der Waals surface area contributed by atoms with E-state index in [0.29, 0.717) is 23.7 Å². The molecule has 3 rings (SSSR count). The molecule has 0 saturated heterocycles. The van der Waals surface area contributed by atoms with Crippen molar-refractivity contribution >= 4 is 11.7 Å².